The van der Waals surface area contributed by atoms with Crippen molar-refractivity contribution < 1.29 is 13.9 Å². The summed E-state index contributed by atoms with van der Waals surface area (Å²) in [5.74, 6) is 6.89. The Bertz CT molecular complexity index is 1930. The van der Waals surface area contributed by atoms with Crippen molar-refractivity contribution in [2.24, 2.45) is 0 Å². The fourth-order valence-corrected chi connectivity index (χ4v) is 5.22. The highest BCUT2D eigenvalue weighted by atomic mass is 19.1. The van der Waals surface area contributed by atoms with E-state index < -0.39 is 5.82 Å². The summed E-state index contributed by atoms with van der Waals surface area (Å²) in [5.41, 5.74) is 5.55. The van der Waals surface area contributed by atoms with Gasteiger partial charge in [0, 0.05) is 47.4 Å². The first-order valence-electron chi connectivity index (χ1n) is 14.7. The first-order chi connectivity index (χ1) is 21.9. The Kier molecular flexibility index (Phi) is 8.67. The third-order valence-corrected chi connectivity index (χ3v) is 7.59. The average Bonchev–Trinajstić information content (AvgIpc) is 3.06. The highest BCUT2D eigenvalue weighted by Crippen LogP contribution is 2.29. The van der Waals surface area contributed by atoms with Crippen LogP contribution in [0.5, 0.6) is 5.75 Å². The van der Waals surface area contributed by atoms with E-state index in [1.807, 2.05) is 68.5 Å². The molecule has 3 heterocycles. The second kappa shape index (κ2) is 13.1. The van der Waals surface area contributed by atoms with E-state index in [0.717, 1.165) is 39.1 Å². The molecule has 1 aliphatic heterocycles. The van der Waals surface area contributed by atoms with Crippen molar-refractivity contribution in [3.8, 4) is 29.0 Å². The number of rotatable bonds is 7. The maximum atomic E-state index is 14.6. The summed E-state index contributed by atoms with van der Waals surface area (Å²) in [6.07, 6.45) is 2.43. The van der Waals surface area contributed by atoms with E-state index in [4.69, 9.17) is 14.7 Å². The lowest BCUT2D eigenvalue weighted by atomic mass is 10.0. The monoisotopic (exact) mass is 600 g/mol. The van der Waals surface area contributed by atoms with Crippen LogP contribution in [0.25, 0.3) is 22.3 Å². The Labute approximate surface area is 261 Å². The minimum absolute atomic E-state index is 0.0799. The van der Waals surface area contributed by atoms with Gasteiger partial charge in [0.15, 0.2) is 17.4 Å². The summed E-state index contributed by atoms with van der Waals surface area (Å²) in [4.78, 5) is 31.5. The Morgan fingerprint density at radius 3 is 2.67 bits per heavy atom. The highest BCUT2D eigenvalue weighted by molar-refractivity contribution is 5.94. The second-order valence-corrected chi connectivity index (χ2v) is 11.1. The van der Waals surface area contributed by atoms with Crippen LogP contribution in [0.2, 0.25) is 0 Å². The van der Waals surface area contributed by atoms with Gasteiger partial charge in [0.1, 0.15) is 12.4 Å². The van der Waals surface area contributed by atoms with Gasteiger partial charge in [0.05, 0.1) is 24.3 Å². The smallest absolute Gasteiger partial charge is 0.254 e. The number of fused-ring (bicyclic) bond motifs is 2. The van der Waals surface area contributed by atoms with Gasteiger partial charge in [-0.25, -0.2) is 14.4 Å². The van der Waals surface area contributed by atoms with Crippen molar-refractivity contribution in [1.82, 2.24) is 24.8 Å². The molecular weight excluding hydrogens is 567 g/mol. The number of para-hydroxylation sites is 1. The topological polar surface area (TPSA) is 83.5 Å². The lowest BCUT2D eigenvalue weighted by Gasteiger charge is -2.29. The average molecular weight is 601 g/mol. The number of carbonyl (C=O) groups is 1. The maximum Gasteiger partial charge on any atom is 0.254 e. The van der Waals surface area contributed by atoms with Crippen molar-refractivity contribution in [2.75, 3.05) is 39.5 Å². The van der Waals surface area contributed by atoms with Gasteiger partial charge in [-0.05, 0) is 68.5 Å². The molecule has 9 heteroatoms. The first-order valence-corrected chi connectivity index (χ1v) is 14.7. The van der Waals surface area contributed by atoms with Gasteiger partial charge in [0.2, 0.25) is 0 Å². The van der Waals surface area contributed by atoms with Crippen LogP contribution >= 0.6 is 0 Å². The van der Waals surface area contributed by atoms with Crippen molar-refractivity contribution in [3.63, 3.8) is 0 Å². The number of anilines is 1. The molecule has 0 saturated carbocycles. The number of benzene rings is 3. The zero-order valence-electron chi connectivity index (χ0n) is 25.5. The summed E-state index contributed by atoms with van der Waals surface area (Å²) in [6.45, 7) is 1.70. The SMILES string of the molecule is CNc1nc(-c2cnc3ccccc3c2)nc2c1CCN(C(=O)c1ccc(COc3ccc(C#CCN(C)C)cc3F)cc1)C2. The van der Waals surface area contributed by atoms with E-state index in [0.29, 0.717) is 43.0 Å². The second-order valence-electron chi connectivity index (χ2n) is 11.1. The van der Waals surface area contributed by atoms with Gasteiger partial charge in [0.25, 0.3) is 5.91 Å². The Morgan fingerprint density at radius 1 is 1.07 bits per heavy atom. The van der Waals surface area contributed by atoms with Crippen molar-refractivity contribution >= 4 is 22.6 Å². The quantitative estimate of drug-likeness (QED) is 0.245. The fraction of sp³-hybridized carbons (Fsp3) is 0.222. The number of amides is 1. The molecule has 1 N–H and O–H groups in total. The molecule has 1 amide bonds. The Hall–Kier alpha value is -5.33. The number of ether oxygens (including phenoxy) is 1. The molecule has 0 radical (unpaired) electrons. The molecule has 1 aliphatic rings. The van der Waals surface area contributed by atoms with Gasteiger partial charge in [-0.2, -0.15) is 0 Å². The number of hydrogen-bond donors (Lipinski definition) is 1. The molecule has 0 unspecified atom stereocenters. The Balaban J connectivity index is 1.12. The number of nitrogens with zero attached hydrogens (tertiary/aromatic N) is 5. The minimum atomic E-state index is -0.464. The number of pyridine rings is 1. The number of carbonyl (C=O) groups excluding carboxylic acids is 1. The molecule has 3 aromatic carbocycles. The van der Waals surface area contributed by atoms with E-state index >= 15 is 0 Å². The maximum absolute atomic E-state index is 14.6. The third kappa shape index (κ3) is 6.77. The summed E-state index contributed by atoms with van der Waals surface area (Å²) < 4.78 is 20.3. The molecule has 0 saturated heterocycles. The molecule has 226 valence electrons. The zero-order valence-corrected chi connectivity index (χ0v) is 25.5. The van der Waals surface area contributed by atoms with E-state index in [9.17, 15) is 9.18 Å². The largest absolute Gasteiger partial charge is 0.486 e. The van der Waals surface area contributed by atoms with Crippen LogP contribution in [0.4, 0.5) is 10.2 Å². The predicted molar refractivity (Wildman–Crippen MR) is 173 cm³/mol. The normalized spacial score (nSPS) is 12.4. The molecule has 0 spiro atoms. The van der Waals surface area contributed by atoms with Gasteiger partial charge in [-0.3, -0.25) is 14.7 Å². The number of aromatic nitrogens is 3. The number of hydrogen-bond acceptors (Lipinski definition) is 7. The lowest BCUT2D eigenvalue weighted by molar-refractivity contribution is 0.0732. The van der Waals surface area contributed by atoms with Crippen LogP contribution in [-0.4, -0.2) is 64.9 Å². The van der Waals surface area contributed by atoms with Crippen LogP contribution in [0.15, 0.2) is 79.0 Å². The van der Waals surface area contributed by atoms with Crippen LogP contribution in [0, 0.1) is 17.7 Å². The molecular formula is C36H33FN6O2. The Morgan fingerprint density at radius 2 is 1.89 bits per heavy atom. The highest BCUT2D eigenvalue weighted by Gasteiger charge is 2.26. The van der Waals surface area contributed by atoms with Gasteiger partial charge in [-0.15, -0.1) is 0 Å². The molecule has 45 heavy (non-hydrogen) atoms. The summed E-state index contributed by atoms with van der Waals surface area (Å²) in [6, 6.07) is 21.9. The van der Waals surface area contributed by atoms with Gasteiger partial charge in [-0.1, -0.05) is 42.2 Å². The van der Waals surface area contributed by atoms with Gasteiger partial charge >= 0.3 is 0 Å². The molecule has 0 aliphatic carbocycles. The predicted octanol–water partition coefficient (Wildman–Crippen LogP) is 5.56. The van der Waals surface area contributed by atoms with Crippen LogP contribution in [-0.2, 0) is 19.6 Å². The molecule has 5 aromatic rings. The molecule has 0 bridgehead atoms. The third-order valence-electron chi connectivity index (χ3n) is 7.59. The molecule has 2 aromatic heterocycles. The standard InChI is InChI=1S/C36H33FN6O2/c1-38-35-29-16-18-43(22-32(29)40-34(41-35)28-20-27-8-4-5-9-31(27)39-21-28)36(44)26-13-10-25(11-14-26)23-45-33-15-12-24(19-30(33)37)7-6-17-42(2)3/h4-5,8-15,19-21H,16-18,22-23H2,1-3H3,(H,38,40,41). The van der Waals surface area contributed by atoms with Crippen LogP contribution < -0.4 is 10.1 Å². The number of nitrogens with one attached hydrogen (secondary N) is 1. The minimum Gasteiger partial charge on any atom is -0.486 e. The summed E-state index contributed by atoms with van der Waals surface area (Å²) >= 11 is 0. The van der Waals surface area contributed by atoms with Crippen molar-refractivity contribution in [2.45, 2.75) is 19.6 Å². The first kappa shape index (κ1) is 29.7. The van der Waals surface area contributed by atoms with E-state index in [1.165, 1.54) is 6.07 Å². The zero-order chi connectivity index (χ0) is 31.3. The molecule has 0 fully saturated rings. The van der Waals surface area contributed by atoms with Crippen molar-refractivity contribution in [1.29, 1.82) is 0 Å². The van der Waals surface area contributed by atoms with Crippen LogP contribution in [0.1, 0.15) is 32.7 Å². The van der Waals surface area contributed by atoms with Crippen LogP contribution in [0.3, 0.4) is 0 Å². The summed E-state index contributed by atoms with van der Waals surface area (Å²) in [5, 5.41) is 4.22. The summed E-state index contributed by atoms with van der Waals surface area (Å²) in [7, 11) is 5.70. The van der Waals surface area contributed by atoms with Gasteiger partial charge < -0.3 is 15.0 Å². The van der Waals surface area contributed by atoms with Crippen molar-refractivity contribution in [3.05, 3.63) is 113 Å². The fourth-order valence-electron chi connectivity index (χ4n) is 5.22. The van der Waals surface area contributed by atoms with E-state index in [2.05, 4.69) is 22.1 Å². The van der Waals surface area contributed by atoms with E-state index in [-0.39, 0.29) is 18.3 Å². The molecule has 0 atom stereocenters. The molecule has 8 nitrogen and oxygen atoms in total. The lowest BCUT2D eigenvalue weighted by Crippen LogP contribution is -2.37. The van der Waals surface area contributed by atoms with E-state index in [1.54, 1.807) is 35.4 Å². The number of halogens is 1. The molecule has 6 rings (SSSR count).